The molecular formula is C17H20FN. The maximum absolute atomic E-state index is 12.9. The minimum absolute atomic E-state index is 0.184. The maximum atomic E-state index is 12.9. The van der Waals surface area contributed by atoms with Gasteiger partial charge in [0.2, 0.25) is 0 Å². The summed E-state index contributed by atoms with van der Waals surface area (Å²) >= 11 is 0. The molecule has 0 aliphatic heterocycles. The van der Waals surface area contributed by atoms with Crippen molar-refractivity contribution in [2.24, 2.45) is 0 Å². The number of hydrogen-bond acceptors (Lipinski definition) is 1. The van der Waals surface area contributed by atoms with Gasteiger partial charge in [-0.05, 0) is 50.6 Å². The second-order valence-electron chi connectivity index (χ2n) is 5.09. The van der Waals surface area contributed by atoms with Crippen LogP contribution < -0.4 is 5.32 Å². The Kier molecular flexibility index (Phi) is 4.33. The number of aryl methyl sites for hydroxylation is 2. The first-order valence-electron chi connectivity index (χ1n) is 6.58. The van der Waals surface area contributed by atoms with Crippen LogP contribution >= 0.6 is 0 Å². The van der Waals surface area contributed by atoms with Crippen molar-refractivity contribution in [2.45, 2.75) is 26.3 Å². The Balaban J connectivity index is 2.22. The van der Waals surface area contributed by atoms with E-state index in [-0.39, 0.29) is 11.9 Å². The van der Waals surface area contributed by atoms with Crippen molar-refractivity contribution in [3.8, 4) is 0 Å². The van der Waals surface area contributed by atoms with Gasteiger partial charge in [-0.1, -0.05) is 41.5 Å². The van der Waals surface area contributed by atoms with Crippen molar-refractivity contribution < 1.29 is 4.39 Å². The number of likely N-dealkylation sites (N-methyl/N-ethyl adjacent to an activating group) is 1. The van der Waals surface area contributed by atoms with Crippen molar-refractivity contribution in [3.05, 3.63) is 70.5 Å². The van der Waals surface area contributed by atoms with E-state index in [1.165, 1.54) is 28.8 Å². The number of hydrogen-bond donors (Lipinski definition) is 1. The van der Waals surface area contributed by atoms with Gasteiger partial charge in [0.15, 0.2) is 0 Å². The average Bonchev–Trinajstić information content (AvgIpc) is 2.37. The summed E-state index contributed by atoms with van der Waals surface area (Å²) < 4.78 is 12.9. The number of benzene rings is 2. The zero-order valence-electron chi connectivity index (χ0n) is 11.7. The fourth-order valence-corrected chi connectivity index (χ4v) is 2.45. The standard InChI is InChI=1S/C17H20FN/c1-12-8-13(2)10-15(9-12)17(19-3)11-14-4-6-16(18)7-5-14/h4-10,17,19H,11H2,1-3H3. The first-order valence-corrected chi connectivity index (χ1v) is 6.58. The third-order valence-electron chi connectivity index (χ3n) is 3.35. The summed E-state index contributed by atoms with van der Waals surface area (Å²) in [7, 11) is 1.96. The van der Waals surface area contributed by atoms with E-state index in [0.29, 0.717) is 0 Å². The second kappa shape index (κ2) is 5.98. The van der Waals surface area contributed by atoms with Crippen LogP contribution in [0.25, 0.3) is 0 Å². The summed E-state index contributed by atoms with van der Waals surface area (Å²) in [6.45, 7) is 4.22. The van der Waals surface area contributed by atoms with Crippen LogP contribution in [0.3, 0.4) is 0 Å². The van der Waals surface area contributed by atoms with Gasteiger partial charge in [0.1, 0.15) is 5.82 Å². The molecule has 0 fully saturated rings. The topological polar surface area (TPSA) is 12.0 Å². The molecule has 19 heavy (non-hydrogen) atoms. The Hall–Kier alpha value is -1.67. The molecule has 1 nitrogen and oxygen atoms in total. The van der Waals surface area contributed by atoms with Gasteiger partial charge in [0.05, 0.1) is 0 Å². The lowest BCUT2D eigenvalue weighted by atomic mass is 9.96. The molecule has 0 radical (unpaired) electrons. The molecule has 1 unspecified atom stereocenters. The van der Waals surface area contributed by atoms with Crippen LogP contribution in [-0.4, -0.2) is 7.05 Å². The van der Waals surface area contributed by atoms with E-state index in [4.69, 9.17) is 0 Å². The highest BCUT2D eigenvalue weighted by Crippen LogP contribution is 2.21. The van der Waals surface area contributed by atoms with Crippen molar-refractivity contribution >= 4 is 0 Å². The van der Waals surface area contributed by atoms with Crippen LogP contribution in [-0.2, 0) is 6.42 Å². The van der Waals surface area contributed by atoms with E-state index in [2.05, 4.69) is 37.4 Å². The minimum Gasteiger partial charge on any atom is -0.313 e. The van der Waals surface area contributed by atoms with E-state index >= 15 is 0 Å². The van der Waals surface area contributed by atoms with Crippen molar-refractivity contribution in [1.29, 1.82) is 0 Å². The highest BCUT2D eigenvalue weighted by molar-refractivity contribution is 5.32. The van der Waals surface area contributed by atoms with Crippen LogP contribution in [0.15, 0.2) is 42.5 Å². The largest absolute Gasteiger partial charge is 0.313 e. The monoisotopic (exact) mass is 257 g/mol. The minimum atomic E-state index is -0.184. The molecule has 0 aromatic heterocycles. The van der Waals surface area contributed by atoms with Gasteiger partial charge < -0.3 is 5.32 Å². The molecule has 0 saturated heterocycles. The molecule has 2 aromatic rings. The molecule has 100 valence electrons. The van der Waals surface area contributed by atoms with Gasteiger partial charge in [0.25, 0.3) is 0 Å². The van der Waals surface area contributed by atoms with Crippen LogP contribution in [0.2, 0.25) is 0 Å². The fourth-order valence-electron chi connectivity index (χ4n) is 2.45. The van der Waals surface area contributed by atoms with E-state index in [0.717, 1.165) is 12.0 Å². The van der Waals surface area contributed by atoms with Crippen LogP contribution in [0.1, 0.15) is 28.3 Å². The van der Waals surface area contributed by atoms with E-state index in [1.807, 2.05) is 19.2 Å². The number of nitrogens with one attached hydrogen (secondary N) is 1. The number of rotatable bonds is 4. The summed E-state index contributed by atoms with van der Waals surface area (Å²) in [6.07, 6.45) is 0.861. The lowest BCUT2D eigenvalue weighted by Crippen LogP contribution is -2.19. The lowest BCUT2D eigenvalue weighted by Gasteiger charge is -2.18. The van der Waals surface area contributed by atoms with Gasteiger partial charge in [-0.2, -0.15) is 0 Å². The summed E-state index contributed by atoms with van der Waals surface area (Å²) in [6, 6.07) is 13.6. The SMILES string of the molecule is CNC(Cc1ccc(F)cc1)c1cc(C)cc(C)c1. The van der Waals surface area contributed by atoms with Crippen LogP contribution in [0, 0.1) is 19.7 Å². The summed E-state index contributed by atoms with van der Waals surface area (Å²) in [4.78, 5) is 0. The number of halogens is 1. The Morgan fingerprint density at radius 2 is 1.58 bits per heavy atom. The highest BCUT2D eigenvalue weighted by Gasteiger charge is 2.11. The molecular weight excluding hydrogens is 237 g/mol. The maximum Gasteiger partial charge on any atom is 0.123 e. The molecule has 0 bridgehead atoms. The van der Waals surface area contributed by atoms with Crippen molar-refractivity contribution in [2.75, 3.05) is 7.05 Å². The Morgan fingerprint density at radius 1 is 1.00 bits per heavy atom. The molecule has 0 amide bonds. The first kappa shape index (κ1) is 13.8. The van der Waals surface area contributed by atoms with Crippen LogP contribution in [0.5, 0.6) is 0 Å². The zero-order chi connectivity index (χ0) is 13.8. The Morgan fingerprint density at radius 3 is 2.11 bits per heavy atom. The lowest BCUT2D eigenvalue weighted by molar-refractivity contribution is 0.588. The van der Waals surface area contributed by atoms with Gasteiger partial charge in [0, 0.05) is 6.04 Å². The first-order chi connectivity index (χ1) is 9.08. The molecule has 2 rings (SSSR count). The predicted octanol–water partition coefficient (Wildman–Crippen LogP) is 3.95. The zero-order valence-corrected chi connectivity index (χ0v) is 11.7. The predicted molar refractivity (Wildman–Crippen MR) is 77.8 cm³/mol. The quantitative estimate of drug-likeness (QED) is 0.874. The smallest absolute Gasteiger partial charge is 0.123 e. The third kappa shape index (κ3) is 3.65. The van der Waals surface area contributed by atoms with Crippen LogP contribution in [0.4, 0.5) is 4.39 Å². The molecule has 0 saturated carbocycles. The molecule has 0 heterocycles. The molecule has 2 aromatic carbocycles. The highest BCUT2D eigenvalue weighted by atomic mass is 19.1. The Labute approximate surface area is 114 Å². The van der Waals surface area contributed by atoms with E-state index in [1.54, 1.807) is 0 Å². The van der Waals surface area contributed by atoms with Gasteiger partial charge in [-0.15, -0.1) is 0 Å². The molecule has 0 aliphatic rings. The fraction of sp³-hybridized carbons (Fsp3) is 0.294. The summed E-state index contributed by atoms with van der Waals surface area (Å²) in [5.74, 6) is -0.184. The second-order valence-corrected chi connectivity index (χ2v) is 5.09. The van der Waals surface area contributed by atoms with Crippen molar-refractivity contribution in [1.82, 2.24) is 5.32 Å². The molecule has 1 N–H and O–H groups in total. The molecule has 1 atom stereocenters. The van der Waals surface area contributed by atoms with Crippen molar-refractivity contribution in [3.63, 3.8) is 0 Å². The normalized spacial score (nSPS) is 12.4. The third-order valence-corrected chi connectivity index (χ3v) is 3.35. The molecule has 2 heteroatoms. The Bertz CT molecular complexity index is 525. The van der Waals surface area contributed by atoms with Gasteiger partial charge in [-0.3, -0.25) is 0 Å². The average molecular weight is 257 g/mol. The summed E-state index contributed by atoms with van der Waals surface area (Å²) in [5.41, 5.74) is 4.97. The molecule has 0 spiro atoms. The van der Waals surface area contributed by atoms with E-state index in [9.17, 15) is 4.39 Å². The van der Waals surface area contributed by atoms with E-state index < -0.39 is 0 Å². The van der Waals surface area contributed by atoms with Gasteiger partial charge >= 0.3 is 0 Å². The summed E-state index contributed by atoms with van der Waals surface area (Å²) in [5, 5.41) is 3.34. The van der Waals surface area contributed by atoms with Gasteiger partial charge in [-0.25, -0.2) is 4.39 Å². The molecule has 0 aliphatic carbocycles.